The number of carbonyl (C=O) groups excluding carboxylic acids is 2. The average Bonchev–Trinajstić information content (AvgIpc) is 3.20. The molecule has 6 aromatic rings. The highest BCUT2D eigenvalue weighted by Gasteiger charge is 2.20. The maximum atomic E-state index is 13.3. The summed E-state index contributed by atoms with van der Waals surface area (Å²) in [4.78, 5) is 46.2. The first kappa shape index (κ1) is 42.6. The Hall–Kier alpha value is -3.52. The summed E-state index contributed by atoms with van der Waals surface area (Å²) in [5.74, 6) is 2.81. The number of rotatable bonds is 4. The Morgan fingerprint density at radius 1 is 0.448 bits per heavy atom. The number of nitrogens with zero attached hydrogens (tertiary/aromatic N) is 4. The van der Waals surface area contributed by atoms with E-state index in [0.717, 1.165) is 43.6 Å². The molecule has 0 amide bonds. The highest BCUT2D eigenvalue weighted by Crippen LogP contribution is 2.37. The van der Waals surface area contributed by atoms with Gasteiger partial charge in [-0.1, -0.05) is 139 Å². The van der Waals surface area contributed by atoms with Gasteiger partial charge in [0.15, 0.2) is 10.3 Å². The quantitative estimate of drug-likeness (QED) is 0.0960. The summed E-state index contributed by atoms with van der Waals surface area (Å²) in [7, 11) is 0. The number of benzene rings is 4. The lowest BCUT2D eigenvalue weighted by Gasteiger charge is -2.22. The van der Waals surface area contributed by atoms with Gasteiger partial charge in [-0.15, -0.1) is 47.0 Å². The van der Waals surface area contributed by atoms with E-state index in [0.29, 0.717) is 44.5 Å². The van der Waals surface area contributed by atoms with Gasteiger partial charge in [-0.25, -0.2) is 19.9 Å². The summed E-state index contributed by atoms with van der Waals surface area (Å²) in [6.07, 6.45) is 0. The van der Waals surface area contributed by atoms with Gasteiger partial charge in [-0.3, -0.25) is 9.59 Å². The molecule has 0 aliphatic carbocycles. The molecule has 6 nitrogen and oxygen atoms in total. The first-order valence-corrected chi connectivity index (χ1v) is 24.4. The fraction of sp³-hybridized carbons (Fsp3) is 0.261. The second-order valence-corrected chi connectivity index (χ2v) is 21.8. The molecular formula is C46H44N4O2S6. The van der Waals surface area contributed by atoms with E-state index in [2.05, 4.69) is 90.1 Å². The van der Waals surface area contributed by atoms with E-state index in [9.17, 15) is 9.59 Å². The van der Waals surface area contributed by atoms with E-state index in [4.69, 9.17) is 19.9 Å². The van der Waals surface area contributed by atoms with Crippen LogP contribution in [0.5, 0.6) is 0 Å². The number of thioether (sulfide) groups is 6. The van der Waals surface area contributed by atoms with Crippen LogP contribution in [0.4, 0.5) is 0 Å². The second-order valence-electron chi connectivity index (χ2n) is 15.9. The van der Waals surface area contributed by atoms with Crippen LogP contribution in [0.2, 0.25) is 0 Å². The Bertz CT molecular complexity index is 2170. The molecule has 58 heavy (non-hydrogen) atoms. The van der Waals surface area contributed by atoms with Gasteiger partial charge in [0.05, 0.1) is 0 Å². The Morgan fingerprint density at radius 2 is 0.741 bits per heavy atom. The van der Waals surface area contributed by atoms with Gasteiger partial charge in [0.25, 0.3) is 0 Å². The lowest BCUT2D eigenvalue weighted by atomic mass is 9.85. The Balaban J connectivity index is 1.27. The molecule has 3 heterocycles. The summed E-state index contributed by atoms with van der Waals surface area (Å²) in [5, 5.41) is 4.06. The van der Waals surface area contributed by atoms with Crippen molar-refractivity contribution in [3.8, 4) is 0 Å². The van der Waals surface area contributed by atoms with Crippen molar-refractivity contribution >= 4 is 80.8 Å². The highest BCUT2D eigenvalue weighted by molar-refractivity contribution is 8.14. The Labute approximate surface area is 367 Å². The van der Waals surface area contributed by atoms with Gasteiger partial charge in [0.2, 0.25) is 10.2 Å². The van der Waals surface area contributed by atoms with E-state index in [1.807, 2.05) is 60.7 Å². The largest absolute Gasteiger partial charge is 0.281 e. The summed E-state index contributed by atoms with van der Waals surface area (Å²) >= 11 is 8.79. The van der Waals surface area contributed by atoms with Gasteiger partial charge in [-0.05, 0) is 67.7 Å². The molecule has 0 radical (unpaired) electrons. The predicted molar refractivity (Wildman–Crippen MR) is 246 cm³/mol. The highest BCUT2D eigenvalue weighted by atomic mass is 32.2. The molecule has 0 fully saturated rings. The maximum absolute atomic E-state index is 13.3. The van der Waals surface area contributed by atoms with Gasteiger partial charge >= 0.3 is 0 Å². The number of fused-ring (bicyclic) bond motifs is 8. The van der Waals surface area contributed by atoms with Gasteiger partial charge in [0.1, 0.15) is 20.1 Å². The van der Waals surface area contributed by atoms with Crippen LogP contribution in [0.25, 0.3) is 0 Å². The molecule has 296 valence electrons. The molecule has 0 atom stereocenters. The SMILES string of the molecule is CC(C)(C)c1cc2cc(c1)CSc1cc(nc(SC(=O)c3ccccc3)n1)SCc1cc(cc(C(C)(C)C)c1)CSc1cc(nc(SC(=O)c3ccccc3)n1)SC2. The average molecular weight is 877 g/mol. The minimum atomic E-state index is -0.0810. The van der Waals surface area contributed by atoms with Crippen molar-refractivity contribution in [1.29, 1.82) is 0 Å². The molecule has 4 aromatic carbocycles. The molecule has 0 unspecified atom stereocenters. The number of carbonyl (C=O) groups is 2. The molecule has 0 saturated heterocycles. The molecule has 1 aliphatic rings. The fourth-order valence-corrected chi connectivity index (χ4v) is 11.0. The van der Waals surface area contributed by atoms with Crippen LogP contribution in [-0.4, -0.2) is 30.2 Å². The van der Waals surface area contributed by atoms with Crippen LogP contribution in [-0.2, 0) is 33.8 Å². The van der Waals surface area contributed by atoms with E-state index >= 15 is 0 Å². The molecule has 2 aromatic heterocycles. The van der Waals surface area contributed by atoms with Crippen molar-refractivity contribution in [3.63, 3.8) is 0 Å². The molecule has 8 bridgehead atoms. The van der Waals surface area contributed by atoms with Gasteiger partial charge < -0.3 is 0 Å². The van der Waals surface area contributed by atoms with Crippen LogP contribution in [0.1, 0.15) is 95.6 Å². The summed E-state index contributed by atoms with van der Waals surface area (Å²) < 4.78 is 0. The molecule has 0 spiro atoms. The third kappa shape index (κ3) is 11.8. The smallest absolute Gasteiger partial charge is 0.227 e. The number of hydrogen-bond acceptors (Lipinski definition) is 12. The topological polar surface area (TPSA) is 85.7 Å². The van der Waals surface area contributed by atoms with Crippen molar-refractivity contribution in [3.05, 3.63) is 154 Å². The summed E-state index contributed by atoms with van der Waals surface area (Å²) in [6.45, 7) is 13.4. The van der Waals surface area contributed by atoms with Crippen LogP contribution in [0.15, 0.2) is 140 Å². The molecule has 0 saturated carbocycles. The van der Waals surface area contributed by atoms with E-state index in [1.165, 1.54) is 33.4 Å². The van der Waals surface area contributed by atoms with Gasteiger partial charge in [-0.2, -0.15) is 0 Å². The zero-order chi connectivity index (χ0) is 40.9. The first-order valence-electron chi connectivity index (χ1n) is 18.8. The Kier molecular flexibility index (Phi) is 13.8. The molecule has 12 heteroatoms. The third-order valence-electron chi connectivity index (χ3n) is 9.09. The van der Waals surface area contributed by atoms with Crippen molar-refractivity contribution in [2.24, 2.45) is 0 Å². The molecule has 1 aliphatic heterocycles. The standard InChI is InChI=1S/C46H44N4O2S6/c1-45(2,3)35-19-29-17-30(20-35)26-54-38-24-40(50-44(48-38)58-42(52)34-15-11-8-12-16-34)56-28-32-18-31(21-36(22-32)46(4,5)6)27-55-39-23-37(53-25-29)47-43(49-39)57-41(51)33-13-9-7-10-14-33/h7-24H,25-28H2,1-6H3. The summed E-state index contributed by atoms with van der Waals surface area (Å²) in [5.41, 5.74) is 8.42. The molecular weight excluding hydrogens is 833 g/mol. The zero-order valence-electron chi connectivity index (χ0n) is 33.3. The van der Waals surface area contributed by atoms with Crippen molar-refractivity contribution in [2.45, 2.75) is 106 Å². The normalized spacial score (nSPS) is 13.8. The number of hydrogen-bond donors (Lipinski definition) is 0. The molecule has 7 rings (SSSR count). The molecule has 0 N–H and O–H groups in total. The number of aromatic nitrogens is 4. The van der Waals surface area contributed by atoms with Crippen LogP contribution >= 0.6 is 70.6 Å². The van der Waals surface area contributed by atoms with Crippen LogP contribution in [0, 0.1) is 0 Å². The van der Waals surface area contributed by atoms with Crippen molar-refractivity contribution in [1.82, 2.24) is 19.9 Å². The van der Waals surface area contributed by atoms with Crippen molar-refractivity contribution in [2.75, 3.05) is 0 Å². The van der Waals surface area contributed by atoms with E-state index in [-0.39, 0.29) is 21.1 Å². The minimum absolute atomic E-state index is 0.0583. The third-order valence-corrected chi connectivity index (χ3v) is 14.6. The zero-order valence-corrected chi connectivity index (χ0v) is 38.2. The second kappa shape index (κ2) is 18.8. The fourth-order valence-electron chi connectivity index (χ4n) is 5.94. The first-order chi connectivity index (χ1) is 27.7. The van der Waals surface area contributed by atoms with Crippen LogP contribution in [0.3, 0.4) is 0 Å². The lowest BCUT2D eigenvalue weighted by molar-refractivity contribution is 0.108. The lowest BCUT2D eigenvalue weighted by Crippen LogP contribution is -2.12. The van der Waals surface area contributed by atoms with Crippen LogP contribution < -0.4 is 0 Å². The Morgan fingerprint density at radius 3 is 1.02 bits per heavy atom. The van der Waals surface area contributed by atoms with E-state index < -0.39 is 0 Å². The maximum Gasteiger partial charge on any atom is 0.227 e. The minimum Gasteiger partial charge on any atom is -0.281 e. The van der Waals surface area contributed by atoms with Gasteiger partial charge in [0, 0.05) is 46.3 Å². The monoisotopic (exact) mass is 876 g/mol. The van der Waals surface area contributed by atoms with E-state index in [1.54, 1.807) is 47.0 Å². The summed E-state index contributed by atoms with van der Waals surface area (Å²) in [6, 6.07) is 36.4. The predicted octanol–water partition coefficient (Wildman–Crippen LogP) is 13.2. The van der Waals surface area contributed by atoms with Crippen molar-refractivity contribution < 1.29 is 9.59 Å².